The maximum absolute atomic E-state index is 12.7. The number of nitrogens with one attached hydrogen (secondary N) is 1. The zero-order valence-corrected chi connectivity index (χ0v) is 16.6. The van der Waals surface area contributed by atoms with Gasteiger partial charge < -0.3 is 25.3 Å². The number of nitrogens with two attached hydrogens (primary N) is 1. The third kappa shape index (κ3) is 3.99. The molecule has 0 radical (unpaired) electrons. The molecule has 8 nitrogen and oxygen atoms in total. The summed E-state index contributed by atoms with van der Waals surface area (Å²) in [6.45, 7) is 1.39. The van der Waals surface area contributed by atoms with Gasteiger partial charge in [0, 0.05) is 11.6 Å². The van der Waals surface area contributed by atoms with E-state index in [4.69, 9.17) is 14.9 Å². The molecule has 2 aromatic heterocycles. The number of fused-ring (bicyclic) bond motifs is 1. The van der Waals surface area contributed by atoms with Crippen molar-refractivity contribution in [1.29, 1.82) is 0 Å². The first kappa shape index (κ1) is 19.9. The molecule has 0 aliphatic heterocycles. The van der Waals surface area contributed by atoms with Crippen LogP contribution in [0, 0.1) is 6.92 Å². The number of furan rings is 1. The lowest BCUT2D eigenvalue weighted by atomic mass is 10.1. The van der Waals surface area contributed by atoms with Gasteiger partial charge in [0.2, 0.25) is 5.91 Å². The van der Waals surface area contributed by atoms with Crippen LogP contribution in [0.25, 0.3) is 11.0 Å². The second kappa shape index (κ2) is 8.16. The van der Waals surface area contributed by atoms with E-state index in [0.29, 0.717) is 35.0 Å². The van der Waals surface area contributed by atoms with E-state index >= 15 is 0 Å². The molecule has 4 N–H and O–H groups in total. The molecule has 30 heavy (non-hydrogen) atoms. The molecule has 0 unspecified atom stereocenters. The number of primary amides is 1. The second-order valence-electron chi connectivity index (χ2n) is 7.40. The monoisotopic (exact) mass is 409 g/mol. The van der Waals surface area contributed by atoms with Gasteiger partial charge in [-0.1, -0.05) is 6.07 Å². The van der Waals surface area contributed by atoms with Gasteiger partial charge in [0.1, 0.15) is 29.7 Å². The molecule has 3 aromatic rings. The second-order valence-corrected chi connectivity index (χ2v) is 7.40. The van der Waals surface area contributed by atoms with Crippen LogP contribution in [-0.4, -0.2) is 34.6 Å². The van der Waals surface area contributed by atoms with E-state index in [1.165, 1.54) is 18.4 Å². The van der Waals surface area contributed by atoms with E-state index in [9.17, 15) is 14.7 Å². The molecule has 1 aromatic carbocycles. The summed E-state index contributed by atoms with van der Waals surface area (Å²) in [5.74, 6) is 0.153. The van der Waals surface area contributed by atoms with Crippen molar-refractivity contribution >= 4 is 22.8 Å². The maximum atomic E-state index is 12.7. The number of nitrogens with zero attached hydrogens (tertiary/aromatic N) is 1. The van der Waals surface area contributed by atoms with Crippen LogP contribution in [0.15, 0.2) is 40.9 Å². The molecule has 4 rings (SSSR count). The van der Waals surface area contributed by atoms with Gasteiger partial charge in [0.25, 0.3) is 5.91 Å². The Morgan fingerprint density at radius 3 is 2.87 bits per heavy atom. The fourth-order valence-electron chi connectivity index (χ4n) is 3.50. The highest BCUT2D eigenvalue weighted by atomic mass is 16.5. The highest BCUT2D eigenvalue weighted by molar-refractivity contribution is 6.08. The number of carbonyl (C=O) groups excluding carboxylic acids is 2. The summed E-state index contributed by atoms with van der Waals surface area (Å²) in [4.78, 5) is 28.5. The first-order valence-corrected chi connectivity index (χ1v) is 9.78. The van der Waals surface area contributed by atoms with E-state index in [1.54, 1.807) is 31.3 Å². The smallest absolute Gasteiger partial charge is 0.256 e. The summed E-state index contributed by atoms with van der Waals surface area (Å²) in [5.41, 5.74) is 8.11. The average Bonchev–Trinajstić information content (AvgIpc) is 3.52. The molecule has 1 aliphatic rings. The summed E-state index contributed by atoms with van der Waals surface area (Å²) in [7, 11) is 0. The zero-order chi connectivity index (χ0) is 21.3. The van der Waals surface area contributed by atoms with Crippen LogP contribution in [0.4, 0.5) is 0 Å². The minimum absolute atomic E-state index is 0.270. The number of aliphatic hydroxyl groups is 1. The van der Waals surface area contributed by atoms with E-state index in [-0.39, 0.29) is 5.56 Å². The van der Waals surface area contributed by atoms with Gasteiger partial charge in [-0.3, -0.25) is 14.6 Å². The van der Waals surface area contributed by atoms with Gasteiger partial charge >= 0.3 is 0 Å². The maximum Gasteiger partial charge on any atom is 0.256 e. The highest BCUT2D eigenvalue weighted by Gasteiger charge is 2.27. The molecule has 0 saturated heterocycles. The van der Waals surface area contributed by atoms with Gasteiger partial charge in [-0.2, -0.15) is 0 Å². The van der Waals surface area contributed by atoms with Crippen LogP contribution in [0.3, 0.4) is 0 Å². The van der Waals surface area contributed by atoms with Gasteiger partial charge in [-0.15, -0.1) is 0 Å². The van der Waals surface area contributed by atoms with Crippen molar-refractivity contribution < 1.29 is 23.8 Å². The molecule has 8 heteroatoms. The lowest BCUT2D eigenvalue weighted by molar-refractivity contribution is -0.120. The molecule has 1 fully saturated rings. The van der Waals surface area contributed by atoms with Crippen LogP contribution in [0.1, 0.15) is 46.1 Å². The Balaban J connectivity index is 1.57. The van der Waals surface area contributed by atoms with Crippen LogP contribution in [0.2, 0.25) is 0 Å². The topological polar surface area (TPSA) is 128 Å². The molecule has 0 bridgehead atoms. The molecule has 2 heterocycles. The Hall–Kier alpha value is -3.39. The minimum atomic E-state index is -1.17. The first-order valence-electron chi connectivity index (χ1n) is 9.78. The summed E-state index contributed by atoms with van der Waals surface area (Å²) in [6, 6.07) is 8.07. The highest BCUT2D eigenvalue weighted by Crippen LogP contribution is 2.41. The number of aliphatic hydroxyl groups excluding tert-OH is 1. The number of hydrogen-bond donors (Lipinski definition) is 3. The number of rotatable bonds is 8. The Kier molecular flexibility index (Phi) is 5.41. The fraction of sp³-hybridized carbons (Fsp3) is 0.318. The van der Waals surface area contributed by atoms with E-state index in [2.05, 4.69) is 16.4 Å². The number of aryl methyl sites for hydroxylation is 1. The van der Waals surface area contributed by atoms with Crippen molar-refractivity contribution in [3.8, 4) is 5.75 Å². The lowest BCUT2D eigenvalue weighted by Gasteiger charge is -2.12. The van der Waals surface area contributed by atoms with Gasteiger partial charge in [0.15, 0.2) is 0 Å². The van der Waals surface area contributed by atoms with Crippen LogP contribution >= 0.6 is 0 Å². The summed E-state index contributed by atoms with van der Waals surface area (Å²) >= 11 is 0. The number of amides is 2. The van der Waals surface area contributed by atoms with E-state index in [0.717, 1.165) is 5.69 Å². The Bertz CT molecular complexity index is 1100. The van der Waals surface area contributed by atoms with Gasteiger partial charge in [-0.25, -0.2) is 0 Å². The van der Waals surface area contributed by atoms with Crippen molar-refractivity contribution in [1.82, 2.24) is 10.3 Å². The predicted octanol–water partition coefficient (Wildman–Crippen LogP) is 2.17. The van der Waals surface area contributed by atoms with Crippen molar-refractivity contribution in [2.24, 2.45) is 5.73 Å². The molecular formula is C22H23N3O5. The normalized spacial score (nSPS) is 14.5. The molecular weight excluding hydrogens is 386 g/mol. The molecule has 1 aliphatic carbocycles. The Labute approximate surface area is 173 Å². The molecule has 2 amide bonds. The summed E-state index contributed by atoms with van der Waals surface area (Å²) in [5, 5.41) is 12.2. The predicted molar refractivity (Wildman–Crippen MR) is 109 cm³/mol. The quantitative estimate of drug-likeness (QED) is 0.523. The summed E-state index contributed by atoms with van der Waals surface area (Å²) < 4.78 is 11.6. The largest absolute Gasteiger partial charge is 0.487 e. The number of benzene rings is 1. The average molecular weight is 409 g/mol. The van der Waals surface area contributed by atoms with Gasteiger partial charge in [0.05, 0.1) is 17.9 Å². The number of pyridine rings is 1. The van der Waals surface area contributed by atoms with E-state index < -0.39 is 24.5 Å². The summed E-state index contributed by atoms with van der Waals surface area (Å²) in [6.07, 6.45) is 4.11. The van der Waals surface area contributed by atoms with Crippen molar-refractivity contribution in [2.45, 2.75) is 38.3 Å². The fourth-order valence-corrected chi connectivity index (χ4v) is 3.50. The molecule has 156 valence electrons. The molecule has 0 spiro atoms. The Morgan fingerprint density at radius 2 is 2.17 bits per heavy atom. The van der Waals surface area contributed by atoms with Crippen molar-refractivity contribution in [3.05, 3.63) is 59.1 Å². The molecule has 1 atom stereocenters. The third-order valence-corrected chi connectivity index (χ3v) is 5.21. The SMILES string of the molecule is Cc1oc2ccc(OCc3ncccc3C3CC3)cc2c1C(=O)N[C@@H](CO)C(N)=O. The van der Waals surface area contributed by atoms with E-state index in [1.807, 2.05) is 6.07 Å². The van der Waals surface area contributed by atoms with Crippen molar-refractivity contribution in [3.63, 3.8) is 0 Å². The third-order valence-electron chi connectivity index (χ3n) is 5.21. The van der Waals surface area contributed by atoms with Crippen molar-refractivity contribution in [2.75, 3.05) is 6.61 Å². The number of hydrogen-bond acceptors (Lipinski definition) is 6. The minimum Gasteiger partial charge on any atom is -0.487 e. The number of carbonyl (C=O) groups is 2. The number of ether oxygens (including phenoxy) is 1. The van der Waals surface area contributed by atoms with Crippen LogP contribution < -0.4 is 15.8 Å². The Morgan fingerprint density at radius 1 is 1.37 bits per heavy atom. The number of aromatic nitrogens is 1. The van der Waals surface area contributed by atoms with Crippen LogP contribution in [-0.2, 0) is 11.4 Å². The molecule has 1 saturated carbocycles. The zero-order valence-electron chi connectivity index (χ0n) is 16.6. The van der Waals surface area contributed by atoms with Crippen LogP contribution in [0.5, 0.6) is 5.75 Å². The first-order chi connectivity index (χ1) is 14.5. The lowest BCUT2D eigenvalue weighted by Crippen LogP contribution is -2.46. The van der Waals surface area contributed by atoms with Gasteiger partial charge in [-0.05, 0) is 55.5 Å². The standard InChI is InChI=1S/C22H23N3O5/c1-12-20(22(28)25-17(10-26)21(23)27)16-9-14(6-7-19(16)30-12)29-11-18-15(13-4-5-13)3-2-8-24-18/h2-3,6-9,13,17,26H,4-5,10-11H2,1H3,(H2,23,27)(H,25,28)/t17-/m0/s1.